The van der Waals surface area contributed by atoms with Gasteiger partial charge in [0.15, 0.2) is 16.4 Å². The summed E-state index contributed by atoms with van der Waals surface area (Å²) >= 11 is 11.7. The van der Waals surface area contributed by atoms with Crippen LogP contribution in [-0.4, -0.2) is 39.8 Å². The molecule has 2 aromatic carbocycles. The predicted molar refractivity (Wildman–Crippen MR) is 106 cm³/mol. The highest BCUT2D eigenvalue weighted by molar-refractivity contribution is 7.91. The summed E-state index contributed by atoms with van der Waals surface area (Å²) in [4.78, 5) is 23.5. The number of hydrogen-bond acceptors (Lipinski definition) is 6. The molecule has 150 valence electrons. The number of methoxy groups -OCH3 is 1. The van der Waals surface area contributed by atoms with Gasteiger partial charge in [-0.1, -0.05) is 29.3 Å². The van der Waals surface area contributed by atoms with Crippen LogP contribution < -0.4 is 10.1 Å². The molecule has 28 heavy (non-hydrogen) atoms. The standard InChI is InChI=1S/C18H17Cl2NO6S/c1-26-14-4-2-3-13(10-14)21-17(22)11-27-18(23)7-8-28(24,25)16-9-12(19)5-6-15(16)20/h2-6,9-10H,7-8,11H2,1H3,(H,21,22). The molecule has 7 nitrogen and oxygen atoms in total. The monoisotopic (exact) mass is 445 g/mol. The predicted octanol–water partition coefficient (Wildman–Crippen LogP) is 3.35. The first kappa shape index (κ1) is 22.0. The normalized spacial score (nSPS) is 11.0. The number of hydrogen-bond donors (Lipinski definition) is 1. The Morgan fingerprint density at radius 2 is 1.86 bits per heavy atom. The van der Waals surface area contributed by atoms with Gasteiger partial charge in [0.2, 0.25) is 0 Å². The minimum atomic E-state index is -3.83. The van der Waals surface area contributed by atoms with E-state index in [0.29, 0.717) is 11.4 Å². The molecule has 0 aliphatic rings. The van der Waals surface area contributed by atoms with Gasteiger partial charge in [0.05, 0.1) is 29.2 Å². The maximum atomic E-state index is 12.3. The van der Waals surface area contributed by atoms with Crippen LogP contribution >= 0.6 is 23.2 Å². The van der Waals surface area contributed by atoms with E-state index in [0.717, 1.165) is 0 Å². The fraction of sp³-hybridized carbons (Fsp3) is 0.222. The Labute approximate surface area is 172 Å². The lowest BCUT2D eigenvalue weighted by Gasteiger charge is -2.09. The minimum absolute atomic E-state index is 0.00966. The van der Waals surface area contributed by atoms with Crippen molar-refractivity contribution >= 4 is 50.6 Å². The third-order valence-electron chi connectivity index (χ3n) is 3.52. The van der Waals surface area contributed by atoms with Crippen LogP contribution in [0.15, 0.2) is 47.4 Å². The van der Waals surface area contributed by atoms with E-state index < -0.39 is 40.5 Å². The highest BCUT2D eigenvalue weighted by atomic mass is 35.5. The van der Waals surface area contributed by atoms with Gasteiger partial charge in [0, 0.05) is 16.8 Å². The SMILES string of the molecule is COc1cccc(NC(=O)COC(=O)CCS(=O)(=O)c2cc(Cl)ccc2Cl)c1. The summed E-state index contributed by atoms with van der Waals surface area (Å²) < 4.78 is 34.5. The number of benzene rings is 2. The molecule has 0 saturated carbocycles. The van der Waals surface area contributed by atoms with Gasteiger partial charge >= 0.3 is 5.97 Å². The Morgan fingerprint density at radius 1 is 1.11 bits per heavy atom. The smallest absolute Gasteiger partial charge is 0.307 e. The van der Waals surface area contributed by atoms with Crippen molar-refractivity contribution in [2.75, 3.05) is 24.8 Å². The van der Waals surface area contributed by atoms with Crippen LogP contribution in [0.25, 0.3) is 0 Å². The van der Waals surface area contributed by atoms with E-state index in [1.54, 1.807) is 24.3 Å². The van der Waals surface area contributed by atoms with Crippen LogP contribution in [0.2, 0.25) is 10.0 Å². The molecule has 0 atom stereocenters. The molecule has 10 heteroatoms. The van der Waals surface area contributed by atoms with Crippen LogP contribution in [0.3, 0.4) is 0 Å². The molecular formula is C18H17Cl2NO6S. The number of carbonyl (C=O) groups excluding carboxylic acids is 2. The second-order valence-electron chi connectivity index (χ2n) is 5.58. The van der Waals surface area contributed by atoms with Crippen molar-refractivity contribution in [3.05, 3.63) is 52.5 Å². The van der Waals surface area contributed by atoms with Gasteiger partial charge in [0.1, 0.15) is 5.75 Å². The largest absolute Gasteiger partial charge is 0.497 e. The lowest BCUT2D eigenvalue weighted by molar-refractivity contribution is -0.146. The highest BCUT2D eigenvalue weighted by Gasteiger charge is 2.21. The summed E-state index contributed by atoms with van der Waals surface area (Å²) in [5, 5.41) is 2.76. The molecular weight excluding hydrogens is 429 g/mol. The maximum Gasteiger partial charge on any atom is 0.307 e. The summed E-state index contributed by atoms with van der Waals surface area (Å²) in [5.74, 6) is -1.37. The third kappa shape index (κ3) is 6.40. The zero-order valence-electron chi connectivity index (χ0n) is 14.8. The minimum Gasteiger partial charge on any atom is -0.497 e. The Balaban J connectivity index is 1.85. The van der Waals surface area contributed by atoms with Crippen LogP contribution in [0.4, 0.5) is 5.69 Å². The molecule has 0 spiro atoms. The Bertz CT molecular complexity index is 978. The molecule has 0 fully saturated rings. The van der Waals surface area contributed by atoms with Crippen LogP contribution in [0.5, 0.6) is 5.75 Å². The first-order valence-electron chi connectivity index (χ1n) is 7.98. The van der Waals surface area contributed by atoms with Gasteiger partial charge < -0.3 is 14.8 Å². The van der Waals surface area contributed by atoms with Gasteiger partial charge in [-0.2, -0.15) is 0 Å². The molecule has 2 aromatic rings. The van der Waals surface area contributed by atoms with Crippen molar-refractivity contribution < 1.29 is 27.5 Å². The topological polar surface area (TPSA) is 98.8 Å². The Morgan fingerprint density at radius 3 is 2.57 bits per heavy atom. The summed E-state index contributed by atoms with van der Waals surface area (Å²) in [5.41, 5.74) is 0.471. The van der Waals surface area contributed by atoms with Crippen molar-refractivity contribution in [2.24, 2.45) is 0 Å². The van der Waals surface area contributed by atoms with Crippen molar-refractivity contribution in [1.82, 2.24) is 0 Å². The number of ether oxygens (including phenoxy) is 2. The molecule has 0 aliphatic heterocycles. The highest BCUT2D eigenvalue weighted by Crippen LogP contribution is 2.26. The van der Waals surface area contributed by atoms with E-state index in [4.69, 9.17) is 32.7 Å². The van der Waals surface area contributed by atoms with Gasteiger partial charge in [-0.15, -0.1) is 0 Å². The third-order valence-corrected chi connectivity index (χ3v) is 5.95. The van der Waals surface area contributed by atoms with E-state index in [-0.39, 0.29) is 14.9 Å². The molecule has 0 aromatic heterocycles. The number of esters is 1. The maximum absolute atomic E-state index is 12.3. The van der Waals surface area contributed by atoms with E-state index >= 15 is 0 Å². The number of carbonyl (C=O) groups is 2. The molecule has 1 N–H and O–H groups in total. The van der Waals surface area contributed by atoms with E-state index in [1.165, 1.54) is 25.3 Å². The lowest BCUT2D eigenvalue weighted by Crippen LogP contribution is -2.22. The fourth-order valence-electron chi connectivity index (χ4n) is 2.16. The molecule has 0 unspecified atom stereocenters. The van der Waals surface area contributed by atoms with Crippen molar-refractivity contribution in [3.63, 3.8) is 0 Å². The van der Waals surface area contributed by atoms with Crippen molar-refractivity contribution in [1.29, 1.82) is 0 Å². The fourth-order valence-corrected chi connectivity index (χ4v) is 4.19. The van der Waals surface area contributed by atoms with Crippen molar-refractivity contribution in [2.45, 2.75) is 11.3 Å². The van der Waals surface area contributed by atoms with E-state index in [1.807, 2.05) is 0 Å². The summed E-state index contributed by atoms with van der Waals surface area (Å²) in [6, 6.07) is 10.7. The number of amides is 1. The number of anilines is 1. The zero-order chi connectivity index (χ0) is 20.7. The van der Waals surface area contributed by atoms with Gasteiger partial charge in [-0.3, -0.25) is 9.59 Å². The zero-order valence-corrected chi connectivity index (χ0v) is 17.1. The van der Waals surface area contributed by atoms with Crippen LogP contribution in [0.1, 0.15) is 6.42 Å². The van der Waals surface area contributed by atoms with E-state index in [9.17, 15) is 18.0 Å². The molecule has 0 radical (unpaired) electrons. The molecule has 0 aliphatic carbocycles. The van der Waals surface area contributed by atoms with Gasteiger partial charge in [-0.05, 0) is 30.3 Å². The van der Waals surface area contributed by atoms with Crippen LogP contribution in [0, 0.1) is 0 Å². The molecule has 0 saturated heterocycles. The quantitative estimate of drug-likeness (QED) is 0.625. The number of halogens is 2. The average Bonchev–Trinajstić information content (AvgIpc) is 2.66. The Kier molecular flexibility index (Phi) is 7.68. The molecule has 2 rings (SSSR count). The molecule has 0 bridgehead atoms. The second kappa shape index (κ2) is 9.77. The number of sulfone groups is 1. The number of rotatable bonds is 8. The summed E-state index contributed by atoms with van der Waals surface area (Å²) in [6.07, 6.45) is -0.433. The second-order valence-corrected chi connectivity index (χ2v) is 8.51. The number of nitrogens with one attached hydrogen (secondary N) is 1. The van der Waals surface area contributed by atoms with E-state index in [2.05, 4.69) is 5.32 Å². The first-order chi connectivity index (χ1) is 13.2. The average molecular weight is 446 g/mol. The van der Waals surface area contributed by atoms with Crippen LogP contribution in [-0.2, 0) is 24.2 Å². The van der Waals surface area contributed by atoms with Gasteiger partial charge in [-0.25, -0.2) is 8.42 Å². The first-order valence-corrected chi connectivity index (χ1v) is 10.4. The lowest BCUT2D eigenvalue weighted by atomic mass is 10.3. The van der Waals surface area contributed by atoms with Crippen molar-refractivity contribution in [3.8, 4) is 5.75 Å². The summed E-state index contributed by atoms with van der Waals surface area (Å²) in [6.45, 7) is -0.548. The van der Waals surface area contributed by atoms with Gasteiger partial charge in [0.25, 0.3) is 5.91 Å². The molecule has 0 heterocycles. The molecule has 1 amide bonds. The Hall–Kier alpha value is -2.29. The summed E-state index contributed by atoms with van der Waals surface area (Å²) in [7, 11) is -2.34.